The van der Waals surface area contributed by atoms with E-state index < -0.39 is 30.0 Å². The van der Waals surface area contributed by atoms with Gasteiger partial charge in [-0.1, -0.05) is 26.3 Å². The fourth-order valence-electron chi connectivity index (χ4n) is 1.38. The zero-order valence-corrected chi connectivity index (χ0v) is 17.7. The minimum Gasteiger partial charge on any atom is -0.460 e. The van der Waals surface area contributed by atoms with Gasteiger partial charge in [0.1, 0.15) is 25.9 Å². The molecule has 0 amide bonds. The molecule has 0 aliphatic heterocycles. The van der Waals surface area contributed by atoms with Crippen LogP contribution >= 0.6 is 0 Å². The molecular weight excluding hydrogens is 412 g/mol. The topological polar surface area (TPSA) is 124 Å². The Balaban J connectivity index is 0. The van der Waals surface area contributed by atoms with Gasteiger partial charge < -0.3 is 28.4 Å². The molecule has 1 atom stereocenters. The van der Waals surface area contributed by atoms with Crippen molar-refractivity contribution in [2.75, 3.05) is 46.2 Å². The van der Waals surface area contributed by atoms with Crippen molar-refractivity contribution in [3.05, 3.63) is 50.6 Å². The first-order chi connectivity index (χ1) is 14.8. The second-order valence-electron chi connectivity index (χ2n) is 5.25. The molecule has 0 radical (unpaired) electrons. The standard InChI is InChI=1S/C12H18O6.C9H12O4/c1-3-11(13)17-9-7-15-5-6-16-8-10-18-12(14)4-2;1-4-8(10)12-6-7(3)13-9(11)5-2/h3-4H,1-2,5-10H2;4-5,7H,1-2,6H2,3H3. The lowest BCUT2D eigenvalue weighted by atomic mass is 10.4. The van der Waals surface area contributed by atoms with Gasteiger partial charge in [-0.3, -0.25) is 0 Å². The minimum absolute atomic E-state index is 0.0183. The van der Waals surface area contributed by atoms with Crippen LogP contribution in [0.5, 0.6) is 0 Å². The SMILES string of the molecule is C=CC(=O)OCC(C)OC(=O)C=C.C=CC(=O)OCCOCCOCCOC(=O)C=C. The summed E-state index contributed by atoms with van der Waals surface area (Å²) in [5.41, 5.74) is 0. The van der Waals surface area contributed by atoms with Crippen LogP contribution in [0.1, 0.15) is 6.92 Å². The van der Waals surface area contributed by atoms with E-state index in [0.717, 1.165) is 24.3 Å². The van der Waals surface area contributed by atoms with Gasteiger partial charge in [0.15, 0.2) is 0 Å². The van der Waals surface area contributed by atoms with Crippen LogP contribution in [-0.2, 0) is 47.6 Å². The maximum absolute atomic E-state index is 10.6. The summed E-state index contributed by atoms with van der Waals surface area (Å²) in [6, 6.07) is 0. The molecular formula is C21H30O10. The van der Waals surface area contributed by atoms with Crippen molar-refractivity contribution in [3.63, 3.8) is 0 Å². The largest absolute Gasteiger partial charge is 0.460 e. The van der Waals surface area contributed by atoms with E-state index >= 15 is 0 Å². The van der Waals surface area contributed by atoms with Crippen LogP contribution in [0.15, 0.2) is 50.6 Å². The fraction of sp³-hybridized carbons (Fsp3) is 0.429. The predicted molar refractivity (Wildman–Crippen MR) is 111 cm³/mol. The average molecular weight is 442 g/mol. The maximum atomic E-state index is 10.6. The van der Waals surface area contributed by atoms with Crippen LogP contribution in [0.25, 0.3) is 0 Å². The molecule has 31 heavy (non-hydrogen) atoms. The lowest BCUT2D eigenvalue weighted by Crippen LogP contribution is -2.20. The zero-order valence-electron chi connectivity index (χ0n) is 17.7. The van der Waals surface area contributed by atoms with Crippen molar-refractivity contribution < 1.29 is 47.6 Å². The Labute approximate surface area is 182 Å². The first kappa shape index (κ1) is 30.0. The Morgan fingerprint density at radius 2 is 0.968 bits per heavy atom. The van der Waals surface area contributed by atoms with Gasteiger partial charge in [0, 0.05) is 24.3 Å². The van der Waals surface area contributed by atoms with Crippen molar-refractivity contribution in [3.8, 4) is 0 Å². The number of rotatable bonds is 16. The molecule has 0 saturated heterocycles. The van der Waals surface area contributed by atoms with Gasteiger partial charge in [-0.05, 0) is 6.92 Å². The molecule has 10 heteroatoms. The summed E-state index contributed by atoms with van der Waals surface area (Å²) in [7, 11) is 0. The minimum atomic E-state index is -0.540. The summed E-state index contributed by atoms with van der Waals surface area (Å²) in [4.78, 5) is 42.5. The lowest BCUT2D eigenvalue weighted by molar-refractivity contribution is -0.151. The molecule has 0 heterocycles. The number of ether oxygens (including phenoxy) is 6. The van der Waals surface area contributed by atoms with E-state index in [-0.39, 0.29) is 19.8 Å². The molecule has 0 rings (SSSR count). The Morgan fingerprint density at radius 3 is 1.35 bits per heavy atom. The molecule has 0 N–H and O–H groups in total. The average Bonchev–Trinajstić information content (AvgIpc) is 2.78. The van der Waals surface area contributed by atoms with Crippen molar-refractivity contribution in [2.45, 2.75) is 13.0 Å². The summed E-state index contributed by atoms with van der Waals surface area (Å²) in [6.45, 7) is 16.3. The van der Waals surface area contributed by atoms with Crippen LogP contribution in [0, 0.1) is 0 Å². The number of hydrogen-bond acceptors (Lipinski definition) is 10. The van der Waals surface area contributed by atoms with E-state index in [1.165, 1.54) is 0 Å². The van der Waals surface area contributed by atoms with E-state index in [1.54, 1.807) is 6.92 Å². The Hall–Kier alpha value is -3.24. The van der Waals surface area contributed by atoms with E-state index in [1.807, 2.05) is 0 Å². The zero-order chi connectivity index (χ0) is 23.9. The molecule has 0 saturated carbocycles. The summed E-state index contributed by atoms with van der Waals surface area (Å²) in [6.07, 6.45) is 3.80. The smallest absolute Gasteiger partial charge is 0.330 e. The fourth-order valence-corrected chi connectivity index (χ4v) is 1.38. The van der Waals surface area contributed by atoms with Gasteiger partial charge >= 0.3 is 23.9 Å². The molecule has 174 valence electrons. The third-order valence-corrected chi connectivity index (χ3v) is 2.76. The third kappa shape index (κ3) is 22.9. The summed E-state index contributed by atoms with van der Waals surface area (Å²) >= 11 is 0. The number of carbonyl (C=O) groups excluding carboxylic acids is 4. The Bertz CT molecular complexity index is 569. The second-order valence-corrected chi connectivity index (χ2v) is 5.25. The lowest BCUT2D eigenvalue weighted by Gasteiger charge is -2.10. The maximum Gasteiger partial charge on any atom is 0.330 e. The van der Waals surface area contributed by atoms with Crippen molar-refractivity contribution in [2.24, 2.45) is 0 Å². The number of hydrogen-bond donors (Lipinski definition) is 0. The molecule has 0 aliphatic rings. The summed E-state index contributed by atoms with van der Waals surface area (Å²) in [5.74, 6) is -2.03. The highest BCUT2D eigenvalue weighted by atomic mass is 16.6. The quantitative estimate of drug-likeness (QED) is 0.150. The molecule has 0 fully saturated rings. The Kier molecular flexibility index (Phi) is 20.7. The molecule has 0 bridgehead atoms. The van der Waals surface area contributed by atoms with Crippen LogP contribution in [0.2, 0.25) is 0 Å². The highest BCUT2D eigenvalue weighted by Crippen LogP contribution is 1.94. The van der Waals surface area contributed by atoms with E-state index in [2.05, 4.69) is 40.5 Å². The van der Waals surface area contributed by atoms with E-state index in [9.17, 15) is 19.2 Å². The molecule has 0 aromatic rings. The van der Waals surface area contributed by atoms with Crippen molar-refractivity contribution in [1.82, 2.24) is 0 Å². The highest BCUT2D eigenvalue weighted by Gasteiger charge is 2.08. The molecule has 1 unspecified atom stereocenters. The molecule has 0 aliphatic carbocycles. The number of carbonyl (C=O) groups is 4. The molecule has 0 aromatic heterocycles. The van der Waals surface area contributed by atoms with Gasteiger partial charge in [0.2, 0.25) is 0 Å². The number of esters is 4. The van der Waals surface area contributed by atoms with Crippen molar-refractivity contribution >= 4 is 23.9 Å². The van der Waals surface area contributed by atoms with Crippen LogP contribution in [-0.4, -0.2) is 76.2 Å². The van der Waals surface area contributed by atoms with Crippen molar-refractivity contribution in [1.29, 1.82) is 0 Å². The summed E-state index contributed by atoms with van der Waals surface area (Å²) < 4.78 is 29.0. The van der Waals surface area contributed by atoms with Gasteiger partial charge in [0.25, 0.3) is 0 Å². The van der Waals surface area contributed by atoms with Gasteiger partial charge in [0.05, 0.1) is 26.4 Å². The van der Waals surface area contributed by atoms with Crippen LogP contribution < -0.4 is 0 Å². The van der Waals surface area contributed by atoms with Crippen LogP contribution in [0.3, 0.4) is 0 Å². The predicted octanol–water partition coefficient (Wildman–Crippen LogP) is 1.31. The normalized spacial score (nSPS) is 10.2. The monoisotopic (exact) mass is 442 g/mol. The Morgan fingerprint density at radius 1 is 0.613 bits per heavy atom. The first-order valence-corrected chi connectivity index (χ1v) is 9.16. The summed E-state index contributed by atoms with van der Waals surface area (Å²) in [5, 5.41) is 0. The van der Waals surface area contributed by atoms with E-state index in [0.29, 0.717) is 26.4 Å². The molecule has 10 nitrogen and oxygen atoms in total. The molecule has 0 aromatic carbocycles. The van der Waals surface area contributed by atoms with Gasteiger partial charge in [-0.25, -0.2) is 19.2 Å². The van der Waals surface area contributed by atoms with Crippen LogP contribution in [0.4, 0.5) is 0 Å². The second kappa shape index (κ2) is 21.5. The third-order valence-electron chi connectivity index (χ3n) is 2.76. The highest BCUT2D eigenvalue weighted by molar-refractivity contribution is 5.82. The van der Waals surface area contributed by atoms with Gasteiger partial charge in [-0.15, -0.1) is 0 Å². The van der Waals surface area contributed by atoms with E-state index in [4.69, 9.17) is 14.2 Å². The van der Waals surface area contributed by atoms with Gasteiger partial charge in [-0.2, -0.15) is 0 Å². The molecule has 0 spiro atoms. The first-order valence-electron chi connectivity index (χ1n) is 9.16.